The van der Waals surface area contributed by atoms with Gasteiger partial charge in [-0.25, -0.2) is 0 Å². The highest BCUT2D eigenvalue weighted by Gasteiger charge is 2.33. The molecule has 1 saturated heterocycles. The zero-order valence-corrected chi connectivity index (χ0v) is 10.6. The van der Waals surface area contributed by atoms with Crippen LogP contribution in [0.5, 0.6) is 0 Å². The first-order valence-electron chi connectivity index (χ1n) is 5.90. The summed E-state index contributed by atoms with van der Waals surface area (Å²) in [5.74, 6) is -1.57. The summed E-state index contributed by atoms with van der Waals surface area (Å²) >= 11 is 0. The van der Waals surface area contributed by atoms with Gasteiger partial charge in [-0.3, -0.25) is 14.4 Å². The first-order chi connectivity index (χ1) is 7.91. The lowest BCUT2D eigenvalue weighted by atomic mass is 10.0. The van der Waals surface area contributed by atoms with Gasteiger partial charge in [-0.1, -0.05) is 0 Å². The average Bonchev–Trinajstić information content (AvgIpc) is 2.39. The van der Waals surface area contributed by atoms with Crippen LogP contribution in [0.3, 0.4) is 0 Å². The lowest BCUT2D eigenvalue weighted by Gasteiger charge is -2.22. The van der Waals surface area contributed by atoms with Crippen molar-refractivity contribution in [1.29, 1.82) is 0 Å². The quantitative estimate of drug-likeness (QED) is 0.529. The van der Waals surface area contributed by atoms with Crippen molar-refractivity contribution in [2.45, 2.75) is 39.7 Å². The molecule has 1 aliphatic rings. The Balaban J connectivity index is 2.75. The van der Waals surface area contributed by atoms with Gasteiger partial charge in [0.2, 0.25) is 5.91 Å². The fraction of sp³-hybridized carbons (Fsp3) is 0.750. The number of hydrogen-bond acceptors (Lipinski definition) is 4. The predicted octanol–water partition coefficient (Wildman–Crippen LogP) is 0.766. The van der Waals surface area contributed by atoms with Crippen molar-refractivity contribution >= 4 is 17.7 Å². The SMILES string of the molecule is CC(=O)N1CCCC(=O)C(C(=O)OC(C)C)C1. The van der Waals surface area contributed by atoms with Crippen molar-refractivity contribution in [2.75, 3.05) is 13.1 Å². The maximum atomic E-state index is 11.8. The number of Topliss-reactive ketones (excluding diaryl/α,β-unsaturated/α-hetero) is 1. The van der Waals surface area contributed by atoms with Gasteiger partial charge in [0.15, 0.2) is 0 Å². The van der Waals surface area contributed by atoms with Crippen molar-refractivity contribution in [3.63, 3.8) is 0 Å². The Morgan fingerprint density at radius 3 is 2.59 bits per heavy atom. The van der Waals surface area contributed by atoms with Crippen LogP contribution < -0.4 is 0 Å². The average molecular weight is 241 g/mol. The zero-order chi connectivity index (χ0) is 13.0. The number of ketones is 1. The van der Waals surface area contributed by atoms with Gasteiger partial charge in [0.25, 0.3) is 0 Å². The summed E-state index contributed by atoms with van der Waals surface area (Å²) in [6, 6.07) is 0. The second kappa shape index (κ2) is 5.80. The van der Waals surface area contributed by atoms with E-state index in [9.17, 15) is 14.4 Å². The number of ether oxygens (including phenoxy) is 1. The van der Waals surface area contributed by atoms with Crippen molar-refractivity contribution in [1.82, 2.24) is 4.90 Å². The number of carbonyl (C=O) groups is 3. The van der Waals surface area contributed by atoms with Gasteiger partial charge in [-0.15, -0.1) is 0 Å². The Kier molecular flexibility index (Phi) is 4.66. The van der Waals surface area contributed by atoms with E-state index >= 15 is 0 Å². The summed E-state index contributed by atoms with van der Waals surface area (Å²) in [7, 11) is 0. The van der Waals surface area contributed by atoms with E-state index in [2.05, 4.69) is 0 Å². The molecule has 1 atom stereocenters. The molecule has 1 amide bonds. The summed E-state index contributed by atoms with van der Waals surface area (Å²) in [5, 5.41) is 0. The second-order valence-electron chi connectivity index (χ2n) is 4.57. The topological polar surface area (TPSA) is 63.7 Å². The van der Waals surface area contributed by atoms with E-state index < -0.39 is 11.9 Å². The summed E-state index contributed by atoms with van der Waals surface area (Å²) in [6.07, 6.45) is 0.704. The fourth-order valence-electron chi connectivity index (χ4n) is 1.84. The van der Waals surface area contributed by atoms with Crippen LogP contribution in [-0.2, 0) is 19.1 Å². The molecule has 1 fully saturated rings. The third kappa shape index (κ3) is 3.84. The first kappa shape index (κ1) is 13.7. The molecule has 0 N–H and O–H groups in total. The van der Waals surface area contributed by atoms with E-state index in [1.54, 1.807) is 13.8 Å². The standard InChI is InChI=1S/C12H19NO4/c1-8(2)17-12(16)10-7-13(9(3)14)6-4-5-11(10)15/h8,10H,4-7H2,1-3H3. The molecule has 1 rings (SSSR count). The monoisotopic (exact) mass is 241 g/mol. The number of hydrogen-bond donors (Lipinski definition) is 0. The minimum absolute atomic E-state index is 0.109. The number of likely N-dealkylation sites (tertiary alicyclic amines) is 1. The first-order valence-corrected chi connectivity index (χ1v) is 5.90. The molecular formula is C12H19NO4. The number of carbonyl (C=O) groups excluding carboxylic acids is 3. The Labute approximate surface area is 101 Å². The lowest BCUT2D eigenvalue weighted by Crippen LogP contribution is -2.39. The molecule has 1 aliphatic heterocycles. The van der Waals surface area contributed by atoms with Gasteiger partial charge in [-0.2, -0.15) is 0 Å². The number of rotatable bonds is 2. The van der Waals surface area contributed by atoms with Gasteiger partial charge < -0.3 is 9.64 Å². The third-order valence-corrected chi connectivity index (χ3v) is 2.72. The maximum Gasteiger partial charge on any atom is 0.318 e. The van der Waals surface area contributed by atoms with E-state index in [0.29, 0.717) is 19.4 Å². The maximum absolute atomic E-state index is 11.8. The molecule has 1 heterocycles. The van der Waals surface area contributed by atoms with Gasteiger partial charge >= 0.3 is 5.97 Å². The summed E-state index contributed by atoms with van der Waals surface area (Å²) < 4.78 is 5.05. The van der Waals surface area contributed by atoms with Crippen molar-refractivity contribution in [3.8, 4) is 0 Å². The minimum Gasteiger partial charge on any atom is -0.462 e. The summed E-state index contributed by atoms with van der Waals surface area (Å²) in [6.45, 7) is 5.61. The highest BCUT2D eigenvalue weighted by atomic mass is 16.5. The Hall–Kier alpha value is -1.39. The highest BCUT2D eigenvalue weighted by molar-refractivity contribution is 6.00. The second-order valence-corrected chi connectivity index (χ2v) is 4.57. The van der Waals surface area contributed by atoms with Gasteiger partial charge in [0, 0.05) is 26.4 Å². The van der Waals surface area contributed by atoms with Crippen LogP contribution in [0.4, 0.5) is 0 Å². The Morgan fingerprint density at radius 2 is 2.06 bits per heavy atom. The zero-order valence-electron chi connectivity index (χ0n) is 10.6. The third-order valence-electron chi connectivity index (χ3n) is 2.72. The molecule has 0 spiro atoms. The Morgan fingerprint density at radius 1 is 1.41 bits per heavy atom. The molecule has 0 aromatic carbocycles. The largest absolute Gasteiger partial charge is 0.462 e. The molecule has 5 heteroatoms. The molecule has 17 heavy (non-hydrogen) atoms. The van der Waals surface area contributed by atoms with Gasteiger partial charge in [-0.05, 0) is 20.3 Å². The predicted molar refractivity (Wildman–Crippen MR) is 61.2 cm³/mol. The van der Waals surface area contributed by atoms with Gasteiger partial charge in [0.1, 0.15) is 11.7 Å². The highest BCUT2D eigenvalue weighted by Crippen LogP contribution is 2.15. The van der Waals surface area contributed by atoms with Crippen molar-refractivity contribution in [2.24, 2.45) is 5.92 Å². The summed E-state index contributed by atoms with van der Waals surface area (Å²) in [4.78, 5) is 36.4. The molecule has 0 saturated carbocycles. The van der Waals surface area contributed by atoms with E-state index in [4.69, 9.17) is 4.74 Å². The van der Waals surface area contributed by atoms with Crippen LogP contribution in [0.2, 0.25) is 0 Å². The molecule has 0 radical (unpaired) electrons. The molecule has 5 nitrogen and oxygen atoms in total. The van der Waals surface area contributed by atoms with Crippen LogP contribution >= 0.6 is 0 Å². The van der Waals surface area contributed by atoms with Crippen LogP contribution in [0.15, 0.2) is 0 Å². The van der Waals surface area contributed by atoms with Crippen molar-refractivity contribution < 1.29 is 19.1 Å². The number of esters is 1. The summed E-state index contributed by atoms with van der Waals surface area (Å²) in [5.41, 5.74) is 0. The molecule has 0 aliphatic carbocycles. The molecule has 1 unspecified atom stereocenters. The van der Waals surface area contributed by atoms with Crippen LogP contribution in [0.1, 0.15) is 33.6 Å². The fourth-order valence-corrected chi connectivity index (χ4v) is 1.84. The van der Waals surface area contributed by atoms with Crippen LogP contribution in [-0.4, -0.2) is 41.8 Å². The van der Waals surface area contributed by atoms with Gasteiger partial charge in [0.05, 0.1) is 6.10 Å². The van der Waals surface area contributed by atoms with E-state index in [1.165, 1.54) is 11.8 Å². The molecule has 0 bridgehead atoms. The minimum atomic E-state index is -0.816. The van der Waals surface area contributed by atoms with E-state index in [1.807, 2.05) is 0 Å². The van der Waals surface area contributed by atoms with Crippen LogP contribution in [0, 0.1) is 5.92 Å². The molecule has 0 aromatic heterocycles. The van der Waals surface area contributed by atoms with Crippen molar-refractivity contribution in [3.05, 3.63) is 0 Å². The normalized spacial score (nSPS) is 21.3. The number of amides is 1. The van der Waals surface area contributed by atoms with E-state index in [-0.39, 0.29) is 24.3 Å². The number of nitrogens with zero attached hydrogens (tertiary/aromatic N) is 1. The lowest BCUT2D eigenvalue weighted by molar-refractivity contribution is -0.155. The van der Waals surface area contributed by atoms with E-state index in [0.717, 1.165) is 0 Å². The smallest absolute Gasteiger partial charge is 0.318 e. The molecular weight excluding hydrogens is 222 g/mol. The Bertz CT molecular complexity index is 324. The molecule has 0 aromatic rings. The molecule has 96 valence electrons. The van der Waals surface area contributed by atoms with Crippen LogP contribution in [0.25, 0.3) is 0 Å².